The number of carbonyl (C=O) groups excluding carboxylic acids is 1. The molecule has 0 aliphatic carbocycles. The Bertz CT molecular complexity index is 846. The minimum atomic E-state index is -4.68. The van der Waals surface area contributed by atoms with Gasteiger partial charge in [-0.15, -0.1) is 0 Å². The zero-order valence-corrected chi connectivity index (χ0v) is 14.1. The second-order valence-corrected chi connectivity index (χ2v) is 5.87. The number of aromatic nitrogens is 4. The van der Waals surface area contributed by atoms with E-state index in [9.17, 15) is 28.2 Å². The summed E-state index contributed by atoms with van der Waals surface area (Å²) in [5.74, 6) is -1.19. The lowest BCUT2D eigenvalue weighted by Crippen LogP contribution is -2.37. The van der Waals surface area contributed by atoms with Crippen LogP contribution in [0.2, 0.25) is 0 Å². The maximum absolute atomic E-state index is 12.1. The second kappa shape index (κ2) is 7.83. The fourth-order valence-electron chi connectivity index (χ4n) is 2.70. The molecule has 0 amide bonds. The average molecular weight is 407 g/mol. The molecule has 1 fully saturated rings. The van der Waals surface area contributed by atoms with Gasteiger partial charge in [0.25, 0.3) is 0 Å². The highest BCUT2D eigenvalue weighted by atomic mass is 19.4. The Morgan fingerprint density at radius 1 is 1.36 bits per heavy atom. The number of nitrogens with two attached hydrogens (primary N) is 1. The number of aliphatic hydroxyl groups excluding tert-OH is 2. The van der Waals surface area contributed by atoms with Crippen LogP contribution in [0, 0.1) is 0 Å². The number of rotatable bonds is 6. The summed E-state index contributed by atoms with van der Waals surface area (Å²) >= 11 is 0. The van der Waals surface area contributed by atoms with Crippen molar-refractivity contribution in [3.8, 4) is 0 Å². The molecule has 0 radical (unpaired) electrons. The Hall–Kier alpha value is -2.55. The molecular formula is C14H16F3N5O6. The first-order chi connectivity index (χ1) is 13.2. The van der Waals surface area contributed by atoms with Gasteiger partial charge in [-0.25, -0.2) is 19.7 Å². The number of anilines is 1. The maximum atomic E-state index is 12.1. The van der Waals surface area contributed by atoms with Crippen molar-refractivity contribution in [3.63, 3.8) is 0 Å². The van der Waals surface area contributed by atoms with Crippen LogP contribution in [-0.2, 0) is 19.0 Å². The fourth-order valence-corrected chi connectivity index (χ4v) is 2.70. The molecule has 28 heavy (non-hydrogen) atoms. The van der Waals surface area contributed by atoms with Gasteiger partial charge in [0.2, 0.25) is 0 Å². The van der Waals surface area contributed by atoms with Crippen LogP contribution in [0.5, 0.6) is 0 Å². The lowest BCUT2D eigenvalue weighted by atomic mass is 10.1. The second-order valence-electron chi connectivity index (χ2n) is 5.87. The Labute approximate surface area is 154 Å². The predicted molar refractivity (Wildman–Crippen MR) is 83.5 cm³/mol. The number of nitrogens with zero attached hydrogens (tertiary/aromatic N) is 4. The largest absolute Gasteiger partial charge is 0.454 e. The first kappa shape index (κ1) is 20.2. The van der Waals surface area contributed by atoms with Gasteiger partial charge < -0.3 is 30.2 Å². The number of fused-ring (bicyclic) bond motifs is 1. The fraction of sp³-hybridized carbons (Fsp3) is 0.571. The maximum Gasteiger partial charge on any atom is 0.422 e. The zero-order chi connectivity index (χ0) is 20.5. The molecule has 4 N–H and O–H groups in total. The third-order valence-corrected chi connectivity index (χ3v) is 3.94. The van der Waals surface area contributed by atoms with Crippen LogP contribution in [-0.4, -0.2) is 80.0 Å². The summed E-state index contributed by atoms with van der Waals surface area (Å²) in [5, 5.41) is 19.6. The molecule has 0 aromatic carbocycles. The predicted octanol–water partition coefficient (Wildman–Crippen LogP) is -0.850. The molecule has 3 rings (SSSR count). The quantitative estimate of drug-likeness (QED) is 0.516. The van der Waals surface area contributed by atoms with Gasteiger partial charge in [0.05, 0.1) is 12.9 Å². The Morgan fingerprint density at radius 2 is 2.11 bits per heavy atom. The summed E-state index contributed by atoms with van der Waals surface area (Å²) in [6.07, 6.45) is -7.00. The highest BCUT2D eigenvalue weighted by molar-refractivity contribution is 5.81. The van der Waals surface area contributed by atoms with Gasteiger partial charge in [0, 0.05) is 0 Å². The third kappa shape index (κ3) is 4.14. The standard InChI is InChI=1S/C14H16F3N5O6/c15-14(16,17)3-27-7(24)2-26-10-9(25)6(1-23)28-13(10)22-5-21-8-11(18)19-4-20-12(8)22/h4-6,9-10,13,23,25H,1-3H2,(H2,18,19,20)/t6-,9?,10+,13-/m1/s1. The van der Waals surface area contributed by atoms with E-state index in [0.29, 0.717) is 0 Å². The molecule has 14 heteroatoms. The summed E-state index contributed by atoms with van der Waals surface area (Å²) in [6.45, 7) is -3.21. The lowest BCUT2D eigenvalue weighted by Gasteiger charge is -2.21. The van der Waals surface area contributed by atoms with Crippen molar-refractivity contribution in [1.29, 1.82) is 0 Å². The van der Waals surface area contributed by atoms with E-state index in [4.69, 9.17) is 15.2 Å². The van der Waals surface area contributed by atoms with Crippen LogP contribution in [0.3, 0.4) is 0 Å². The van der Waals surface area contributed by atoms with Crippen molar-refractivity contribution >= 4 is 23.0 Å². The normalized spacial score (nSPS) is 25.3. The van der Waals surface area contributed by atoms with E-state index in [1.807, 2.05) is 0 Å². The Morgan fingerprint density at radius 3 is 2.79 bits per heavy atom. The monoisotopic (exact) mass is 407 g/mol. The van der Waals surface area contributed by atoms with Crippen molar-refractivity contribution in [2.45, 2.75) is 30.7 Å². The minimum Gasteiger partial charge on any atom is -0.454 e. The lowest BCUT2D eigenvalue weighted by molar-refractivity contribution is -0.191. The number of halogens is 3. The molecule has 1 aliphatic heterocycles. The van der Waals surface area contributed by atoms with Crippen LogP contribution < -0.4 is 5.73 Å². The highest BCUT2D eigenvalue weighted by Gasteiger charge is 2.46. The molecule has 2 aromatic rings. The highest BCUT2D eigenvalue weighted by Crippen LogP contribution is 2.33. The molecule has 154 valence electrons. The van der Waals surface area contributed by atoms with Crippen molar-refractivity contribution < 1.29 is 42.4 Å². The van der Waals surface area contributed by atoms with Gasteiger partial charge in [-0.3, -0.25) is 4.57 Å². The van der Waals surface area contributed by atoms with E-state index < -0.39 is 56.5 Å². The molecule has 1 aliphatic rings. The first-order valence-corrected chi connectivity index (χ1v) is 7.92. The molecule has 0 spiro atoms. The third-order valence-electron chi connectivity index (χ3n) is 3.94. The summed E-state index contributed by atoms with van der Waals surface area (Å²) in [5.41, 5.74) is 6.19. The zero-order valence-electron chi connectivity index (χ0n) is 14.1. The molecule has 3 heterocycles. The van der Waals surface area contributed by atoms with Gasteiger partial charge in [0.15, 0.2) is 24.3 Å². The molecule has 1 saturated heterocycles. The van der Waals surface area contributed by atoms with E-state index in [-0.39, 0.29) is 17.0 Å². The molecule has 0 bridgehead atoms. The van der Waals surface area contributed by atoms with Crippen molar-refractivity contribution in [2.24, 2.45) is 0 Å². The van der Waals surface area contributed by atoms with E-state index >= 15 is 0 Å². The van der Waals surface area contributed by atoms with Crippen molar-refractivity contribution in [1.82, 2.24) is 19.5 Å². The van der Waals surface area contributed by atoms with Crippen LogP contribution in [0.25, 0.3) is 11.2 Å². The number of esters is 1. The summed E-state index contributed by atoms with van der Waals surface area (Å²) < 4.78 is 52.5. The van der Waals surface area contributed by atoms with Gasteiger partial charge in [-0.05, 0) is 0 Å². The van der Waals surface area contributed by atoms with Crippen LogP contribution in [0.15, 0.2) is 12.7 Å². The van der Waals surface area contributed by atoms with E-state index in [2.05, 4.69) is 19.7 Å². The summed E-state index contributed by atoms with van der Waals surface area (Å²) in [4.78, 5) is 23.3. The number of imidazole rings is 1. The molecule has 11 nitrogen and oxygen atoms in total. The number of hydrogen-bond acceptors (Lipinski definition) is 10. The molecule has 1 unspecified atom stereocenters. The van der Waals surface area contributed by atoms with Crippen molar-refractivity contribution in [2.75, 3.05) is 25.6 Å². The van der Waals surface area contributed by atoms with Crippen LogP contribution in [0.4, 0.5) is 19.0 Å². The van der Waals surface area contributed by atoms with Crippen LogP contribution >= 0.6 is 0 Å². The number of nitrogen functional groups attached to an aromatic ring is 1. The number of aliphatic hydroxyl groups is 2. The van der Waals surface area contributed by atoms with Crippen LogP contribution in [0.1, 0.15) is 6.23 Å². The first-order valence-electron chi connectivity index (χ1n) is 7.92. The Balaban J connectivity index is 1.77. The molecule has 2 aromatic heterocycles. The smallest absolute Gasteiger partial charge is 0.422 e. The molecule has 4 atom stereocenters. The number of alkyl halides is 3. The SMILES string of the molecule is Nc1ncnc2c1ncn2[C@@H]1O[C@H](CO)C(O)[C@@H]1OCC(=O)OCC(F)(F)F. The minimum absolute atomic E-state index is 0.0919. The summed E-state index contributed by atoms with van der Waals surface area (Å²) in [6, 6.07) is 0. The van der Waals surface area contributed by atoms with Gasteiger partial charge >= 0.3 is 12.1 Å². The number of carbonyl (C=O) groups is 1. The number of hydrogen-bond donors (Lipinski definition) is 3. The van der Waals surface area contributed by atoms with E-state index in [0.717, 1.165) is 0 Å². The summed E-state index contributed by atoms with van der Waals surface area (Å²) in [7, 11) is 0. The average Bonchev–Trinajstić information content (AvgIpc) is 3.19. The Kier molecular flexibility index (Phi) is 5.64. The number of ether oxygens (including phenoxy) is 3. The van der Waals surface area contributed by atoms with E-state index in [1.165, 1.54) is 17.2 Å². The van der Waals surface area contributed by atoms with Gasteiger partial charge in [0.1, 0.15) is 36.8 Å². The molecular weight excluding hydrogens is 391 g/mol. The molecule has 0 saturated carbocycles. The van der Waals surface area contributed by atoms with E-state index in [1.54, 1.807) is 0 Å². The van der Waals surface area contributed by atoms with Gasteiger partial charge in [-0.2, -0.15) is 13.2 Å². The van der Waals surface area contributed by atoms with Crippen molar-refractivity contribution in [3.05, 3.63) is 12.7 Å². The topological polar surface area (TPSA) is 155 Å². The van der Waals surface area contributed by atoms with Gasteiger partial charge in [-0.1, -0.05) is 0 Å².